The van der Waals surface area contributed by atoms with Crippen molar-refractivity contribution in [1.29, 1.82) is 0 Å². The highest BCUT2D eigenvalue weighted by Gasteiger charge is 2.20. The molecule has 15 heavy (non-hydrogen) atoms. The van der Waals surface area contributed by atoms with Gasteiger partial charge in [-0.25, -0.2) is 0 Å². The quantitative estimate of drug-likeness (QED) is 0.578. The molecule has 0 N–H and O–H groups in total. The summed E-state index contributed by atoms with van der Waals surface area (Å²) in [5, 5.41) is 14.3. The van der Waals surface area contributed by atoms with E-state index >= 15 is 0 Å². The second kappa shape index (κ2) is 3.78. The van der Waals surface area contributed by atoms with Gasteiger partial charge in [-0.1, -0.05) is 6.07 Å². The number of benzene rings is 1. The first-order valence-electron chi connectivity index (χ1n) is 4.15. The molecular weight excluding hydrogens is 217 g/mol. The molecule has 0 amide bonds. The number of rotatable bonds is 2. The maximum Gasteiger partial charge on any atom is 0.312 e. The van der Waals surface area contributed by atoms with Crippen molar-refractivity contribution in [3.8, 4) is 11.1 Å². The predicted octanol–water partition coefficient (Wildman–Crippen LogP) is 3.46. The molecule has 0 aliphatic rings. The molecule has 0 radical (unpaired) electrons. The molecule has 2 aromatic rings. The Hall–Kier alpha value is -1.75. The van der Waals surface area contributed by atoms with E-state index in [9.17, 15) is 14.5 Å². The number of halogens is 1. The van der Waals surface area contributed by atoms with Crippen LogP contribution < -0.4 is 0 Å². The lowest BCUT2D eigenvalue weighted by Gasteiger charge is -2.00. The molecule has 0 aliphatic heterocycles. The smallest absolute Gasteiger partial charge is 0.258 e. The van der Waals surface area contributed by atoms with Crippen LogP contribution in [0.2, 0.25) is 0 Å². The van der Waals surface area contributed by atoms with Gasteiger partial charge in [0.2, 0.25) is 5.82 Å². The first-order valence-corrected chi connectivity index (χ1v) is 5.10. The van der Waals surface area contributed by atoms with Gasteiger partial charge in [0, 0.05) is 0 Å². The highest BCUT2D eigenvalue weighted by atomic mass is 32.1. The maximum absolute atomic E-state index is 13.3. The van der Waals surface area contributed by atoms with Crippen LogP contribution in [-0.4, -0.2) is 4.92 Å². The van der Waals surface area contributed by atoms with E-state index < -0.39 is 16.4 Å². The lowest BCUT2D eigenvalue weighted by Crippen LogP contribution is -1.94. The van der Waals surface area contributed by atoms with Crippen LogP contribution in [0, 0.1) is 15.9 Å². The van der Waals surface area contributed by atoms with E-state index in [-0.39, 0.29) is 0 Å². The minimum atomic E-state index is -0.802. The molecule has 1 heterocycles. The zero-order chi connectivity index (χ0) is 10.8. The molecule has 1 aromatic carbocycles. The summed E-state index contributed by atoms with van der Waals surface area (Å²) < 4.78 is 13.3. The van der Waals surface area contributed by atoms with E-state index in [1.54, 1.807) is 22.9 Å². The molecule has 76 valence electrons. The Bertz CT molecular complexity index is 496. The zero-order valence-corrected chi connectivity index (χ0v) is 8.33. The van der Waals surface area contributed by atoms with Crippen LogP contribution in [-0.2, 0) is 0 Å². The van der Waals surface area contributed by atoms with Crippen molar-refractivity contribution in [2.75, 3.05) is 0 Å². The number of nitrogens with zero attached hydrogens (tertiary/aromatic N) is 1. The van der Waals surface area contributed by atoms with Gasteiger partial charge in [0.1, 0.15) is 0 Å². The number of hydrogen-bond donors (Lipinski definition) is 0. The van der Waals surface area contributed by atoms with Crippen molar-refractivity contribution in [3.63, 3.8) is 0 Å². The van der Waals surface area contributed by atoms with E-state index in [0.29, 0.717) is 11.1 Å². The first-order chi connectivity index (χ1) is 7.20. The largest absolute Gasteiger partial charge is 0.312 e. The monoisotopic (exact) mass is 223 g/mol. The molecule has 2 rings (SSSR count). The third-order valence-electron chi connectivity index (χ3n) is 2.00. The normalized spacial score (nSPS) is 10.2. The number of nitro groups is 1. The SMILES string of the molecule is O=[N+]([O-])c1c(F)cccc1-c1ccsc1. The van der Waals surface area contributed by atoms with E-state index in [1.165, 1.54) is 17.4 Å². The van der Waals surface area contributed by atoms with Crippen molar-refractivity contribution in [1.82, 2.24) is 0 Å². The van der Waals surface area contributed by atoms with Crippen LogP contribution in [0.1, 0.15) is 0 Å². The minimum Gasteiger partial charge on any atom is -0.258 e. The van der Waals surface area contributed by atoms with E-state index in [0.717, 1.165) is 6.07 Å². The highest BCUT2D eigenvalue weighted by Crippen LogP contribution is 2.32. The fourth-order valence-electron chi connectivity index (χ4n) is 1.35. The highest BCUT2D eigenvalue weighted by molar-refractivity contribution is 7.08. The second-order valence-corrected chi connectivity index (χ2v) is 3.69. The number of thiophene rings is 1. The minimum absolute atomic E-state index is 0.321. The van der Waals surface area contributed by atoms with Gasteiger partial charge < -0.3 is 0 Å². The lowest BCUT2D eigenvalue weighted by molar-refractivity contribution is -0.386. The average Bonchev–Trinajstić information content (AvgIpc) is 2.69. The predicted molar refractivity (Wildman–Crippen MR) is 56.4 cm³/mol. The fourth-order valence-corrected chi connectivity index (χ4v) is 2.01. The molecular formula is C10H6FNO2S. The summed E-state index contributed by atoms with van der Waals surface area (Å²) in [6.45, 7) is 0. The van der Waals surface area contributed by atoms with Gasteiger partial charge in [0.05, 0.1) is 10.5 Å². The number of para-hydroxylation sites is 1. The van der Waals surface area contributed by atoms with E-state index in [1.807, 2.05) is 0 Å². The summed E-state index contributed by atoms with van der Waals surface area (Å²) in [7, 11) is 0. The average molecular weight is 223 g/mol. The molecule has 0 fully saturated rings. The Balaban J connectivity index is 2.66. The fraction of sp³-hybridized carbons (Fsp3) is 0. The Morgan fingerprint density at radius 2 is 2.13 bits per heavy atom. The lowest BCUT2D eigenvalue weighted by atomic mass is 10.1. The Labute approximate surface area is 88.9 Å². The summed E-state index contributed by atoms with van der Waals surface area (Å²) >= 11 is 1.42. The van der Waals surface area contributed by atoms with Crippen LogP contribution in [0.15, 0.2) is 35.0 Å². The zero-order valence-electron chi connectivity index (χ0n) is 7.51. The molecule has 3 nitrogen and oxygen atoms in total. The Morgan fingerprint density at radius 3 is 2.73 bits per heavy atom. The molecule has 0 unspecified atom stereocenters. The standard InChI is InChI=1S/C10H6FNO2S/c11-9-3-1-2-8(10(9)12(13)14)7-4-5-15-6-7/h1-6H. The second-order valence-electron chi connectivity index (χ2n) is 2.91. The van der Waals surface area contributed by atoms with Gasteiger partial charge in [-0.3, -0.25) is 10.1 Å². The van der Waals surface area contributed by atoms with Crippen LogP contribution in [0.25, 0.3) is 11.1 Å². The third-order valence-corrected chi connectivity index (χ3v) is 2.68. The molecule has 0 saturated heterocycles. The van der Waals surface area contributed by atoms with Gasteiger partial charge in [-0.2, -0.15) is 15.7 Å². The van der Waals surface area contributed by atoms with E-state index in [4.69, 9.17) is 0 Å². The molecule has 5 heteroatoms. The van der Waals surface area contributed by atoms with Gasteiger partial charge in [0.25, 0.3) is 0 Å². The van der Waals surface area contributed by atoms with Crippen molar-refractivity contribution < 1.29 is 9.31 Å². The molecule has 0 spiro atoms. The van der Waals surface area contributed by atoms with Crippen molar-refractivity contribution in [2.45, 2.75) is 0 Å². The summed E-state index contributed by atoms with van der Waals surface area (Å²) in [5.41, 5.74) is 0.531. The maximum atomic E-state index is 13.3. The Kier molecular flexibility index (Phi) is 2.47. The van der Waals surface area contributed by atoms with Gasteiger partial charge in [-0.05, 0) is 34.5 Å². The van der Waals surface area contributed by atoms with Gasteiger partial charge in [-0.15, -0.1) is 0 Å². The summed E-state index contributed by atoms with van der Waals surface area (Å²) in [6, 6.07) is 5.83. The van der Waals surface area contributed by atoms with Gasteiger partial charge >= 0.3 is 5.69 Å². The molecule has 0 atom stereocenters. The third kappa shape index (κ3) is 1.73. The summed E-state index contributed by atoms with van der Waals surface area (Å²) in [5.74, 6) is -0.802. The van der Waals surface area contributed by atoms with Crippen molar-refractivity contribution in [2.24, 2.45) is 0 Å². The molecule has 0 bridgehead atoms. The van der Waals surface area contributed by atoms with Crippen molar-refractivity contribution >= 4 is 17.0 Å². The summed E-state index contributed by atoms with van der Waals surface area (Å²) in [4.78, 5) is 10.0. The van der Waals surface area contributed by atoms with Crippen LogP contribution in [0.5, 0.6) is 0 Å². The van der Waals surface area contributed by atoms with Crippen LogP contribution >= 0.6 is 11.3 Å². The van der Waals surface area contributed by atoms with Crippen LogP contribution in [0.3, 0.4) is 0 Å². The van der Waals surface area contributed by atoms with E-state index in [2.05, 4.69) is 0 Å². The topological polar surface area (TPSA) is 43.1 Å². The Morgan fingerprint density at radius 1 is 1.33 bits per heavy atom. The molecule has 0 saturated carbocycles. The molecule has 0 aliphatic carbocycles. The van der Waals surface area contributed by atoms with Crippen LogP contribution in [0.4, 0.5) is 10.1 Å². The van der Waals surface area contributed by atoms with Gasteiger partial charge in [0.15, 0.2) is 0 Å². The first kappa shape index (κ1) is 9.79. The number of nitro benzene ring substituents is 1. The molecule has 1 aromatic heterocycles. The van der Waals surface area contributed by atoms with Crippen molar-refractivity contribution in [3.05, 3.63) is 51.0 Å². The number of hydrogen-bond acceptors (Lipinski definition) is 3. The summed E-state index contributed by atoms with van der Waals surface area (Å²) in [6.07, 6.45) is 0.